The highest BCUT2D eigenvalue weighted by molar-refractivity contribution is 7.14. The molecule has 0 aliphatic heterocycles. The molecule has 0 aliphatic rings. The van der Waals surface area contributed by atoms with Crippen LogP contribution in [0.4, 0.5) is 5.00 Å². The lowest BCUT2D eigenvalue weighted by Crippen LogP contribution is -2.33. The summed E-state index contributed by atoms with van der Waals surface area (Å²) in [6, 6.07) is 11.1. The number of carbonyl (C=O) groups is 2. The SMILES string of the molecule is CCCN(CC(=O)Nc1sccc1C(=O)OCC)Cc1ccc(C#N)cc1. The Hall–Kier alpha value is -2.69. The van der Waals surface area contributed by atoms with Crippen LogP contribution in [0.1, 0.15) is 41.8 Å². The summed E-state index contributed by atoms with van der Waals surface area (Å²) in [5.41, 5.74) is 2.03. The molecule has 0 aliphatic carbocycles. The van der Waals surface area contributed by atoms with Gasteiger partial charge in [0.05, 0.1) is 30.3 Å². The molecule has 0 radical (unpaired) electrons. The third-order valence-corrected chi connectivity index (χ3v) is 4.64. The number of rotatable bonds is 9. The maximum Gasteiger partial charge on any atom is 0.341 e. The van der Waals surface area contributed by atoms with Crippen LogP contribution in [0.2, 0.25) is 0 Å². The monoisotopic (exact) mass is 385 g/mol. The Balaban J connectivity index is 1.99. The minimum Gasteiger partial charge on any atom is -0.462 e. The zero-order valence-electron chi connectivity index (χ0n) is 15.5. The quantitative estimate of drug-likeness (QED) is 0.666. The van der Waals surface area contributed by atoms with Crippen LogP contribution in [0.3, 0.4) is 0 Å². The van der Waals surface area contributed by atoms with Crippen molar-refractivity contribution in [3.05, 3.63) is 52.4 Å². The Labute approximate surface area is 163 Å². The summed E-state index contributed by atoms with van der Waals surface area (Å²) < 4.78 is 5.01. The molecule has 1 aromatic heterocycles. The van der Waals surface area contributed by atoms with Crippen LogP contribution in [-0.4, -0.2) is 36.5 Å². The van der Waals surface area contributed by atoms with Crippen molar-refractivity contribution in [1.82, 2.24) is 4.90 Å². The Morgan fingerprint density at radius 2 is 1.96 bits per heavy atom. The number of carbonyl (C=O) groups excluding carboxylic acids is 2. The van der Waals surface area contributed by atoms with E-state index in [0.717, 1.165) is 18.5 Å². The van der Waals surface area contributed by atoms with E-state index in [9.17, 15) is 9.59 Å². The summed E-state index contributed by atoms with van der Waals surface area (Å²) in [6.45, 7) is 5.69. The first-order chi connectivity index (χ1) is 13.1. The highest BCUT2D eigenvalue weighted by Crippen LogP contribution is 2.24. The van der Waals surface area contributed by atoms with E-state index in [-0.39, 0.29) is 19.1 Å². The lowest BCUT2D eigenvalue weighted by atomic mass is 10.1. The molecule has 0 spiro atoms. The standard InChI is InChI=1S/C20H23N3O3S/c1-3-10-23(13-16-7-5-15(12-21)6-8-16)14-18(24)22-19-17(9-11-27-19)20(25)26-4-2/h5-9,11H,3-4,10,13-14H2,1-2H3,(H,22,24). The van der Waals surface area contributed by atoms with Gasteiger partial charge in [0.15, 0.2) is 0 Å². The van der Waals surface area contributed by atoms with E-state index in [4.69, 9.17) is 10.00 Å². The fourth-order valence-corrected chi connectivity index (χ4v) is 3.41. The first-order valence-corrected chi connectivity index (χ1v) is 9.71. The number of nitriles is 1. The van der Waals surface area contributed by atoms with Crippen molar-refractivity contribution >= 4 is 28.2 Å². The number of amides is 1. The number of thiophene rings is 1. The number of ether oxygens (including phenoxy) is 1. The summed E-state index contributed by atoms with van der Waals surface area (Å²) in [6.07, 6.45) is 0.913. The van der Waals surface area contributed by atoms with Crippen LogP contribution in [0.25, 0.3) is 0 Å². The van der Waals surface area contributed by atoms with Gasteiger partial charge in [-0.15, -0.1) is 11.3 Å². The molecule has 0 unspecified atom stereocenters. The molecule has 7 heteroatoms. The molecule has 1 N–H and O–H groups in total. The molecule has 142 valence electrons. The van der Waals surface area contributed by atoms with E-state index >= 15 is 0 Å². The van der Waals surface area contributed by atoms with Crippen molar-refractivity contribution in [3.8, 4) is 6.07 Å². The summed E-state index contributed by atoms with van der Waals surface area (Å²) in [7, 11) is 0. The zero-order valence-corrected chi connectivity index (χ0v) is 16.3. The molecule has 1 amide bonds. The number of nitrogens with zero attached hydrogens (tertiary/aromatic N) is 2. The van der Waals surface area contributed by atoms with Gasteiger partial charge in [0.25, 0.3) is 0 Å². The lowest BCUT2D eigenvalue weighted by molar-refractivity contribution is -0.117. The maximum atomic E-state index is 12.5. The van der Waals surface area contributed by atoms with Crippen molar-refractivity contribution in [2.75, 3.05) is 25.0 Å². The molecule has 2 aromatic rings. The number of hydrogen-bond acceptors (Lipinski definition) is 6. The maximum absolute atomic E-state index is 12.5. The summed E-state index contributed by atoms with van der Waals surface area (Å²) in [5.74, 6) is -0.609. The average molecular weight is 385 g/mol. The van der Waals surface area contributed by atoms with Crippen LogP contribution >= 0.6 is 11.3 Å². The van der Waals surface area contributed by atoms with Crippen molar-refractivity contribution < 1.29 is 14.3 Å². The van der Waals surface area contributed by atoms with E-state index in [0.29, 0.717) is 22.7 Å². The van der Waals surface area contributed by atoms with Gasteiger partial charge in [-0.2, -0.15) is 5.26 Å². The average Bonchev–Trinajstić information content (AvgIpc) is 3.10. The molecule has 0 bridgehead atoms. The highest BCUT2D eigenvalue weighted by atomic mass is 32.1. The number of nitrogens with one attached hydrogen (secondary N) is 1. The lowest BCUT2D eigenvalue weighted by Gasteiger charge is -2.21. The molecule has 27 heavy (non-hydrogen) atoms. The number of hydrogen-bond donors (Lipinski definition) is 1. The van der Waals surface area contributed by atoms with Crippen molar-refractivity contribution in [1.29, 1.82) is 5.26 Å². The van der Waals surface area contributed by atoms with Crippen LogP contribution in [0.15, 0.2) is 35.7 Å². The number of benzene rings is 1. The molecular weight excluding hydrogens is 362 g/mol. The second-order valence-corrected chi connectivity index (χ2v) is 6.87. The van der Waals surface area contributed by atoms with Crippen molar-refractivity contribution in [2.45, 2.75) is 26.8 Å². The normalized spacial score (nSPS) is 10.4. The van der Waals surface area contributed by atoms with Crippen LogP contribution in [0.5, 0.6) is 0 Å². The Bertz CT molecular complexity index is 809. The van der Waals surface area contributed by atoms with Gasteiger partial charge in [-0.3, -0.25) is 9.69 Å². The molecular formula is C20H23N3O3S. The van der Waals surface area contributed by atoms with Crippen LogP contribution in [0, 0.1) is 11.3 Å². The summed E-state index contributed by atoms with van der Waals surface area (Å²) in [4.78, 5) is 26.4. The van der Waals surface area contributed by atoms with Crippen LogP contribution in [-0.2, 0) is 16.1 Å². The first kappa shape index (κ1) is 20.6. The number of esters is 1. The Kier molecular flexibility index (Phi) is 7.99. The van der Waals surface area contributed by atoms with Gasteiger partial charge in [-0.25, -0.2) is 4.79 Å². The predicted molar refractivity (Wildman–Crippen MR) is 106 cm³/mol. The summed E-state index contributed by atoms with van der Waals surface area (Å²) in [5, 5.41) is 14.0. The molecule has 6 nitrogen and oxygen atoms in total. The molecule has 1 aromatic carbocycles. The Morgan fingerprint density at radius 3 is 2.59 bits per heavy atom. The van der Waals surface area contributed by atoms with Gasteiger partial charge in [-0.05, 0) is 49.0 Å². The smallest absolute Gasteiger partial charge is 0.341 e. The minimum atomic E-state index is -0.433. The Morgan fingerprint density at radius 1 is 1.22 bits per heavy atom. The van der Waals surface area contributed by atoms with Crippen molar-refractivity contribution in [3.63, 3.8) is 0 Å². The third-order valence-electron chi connectivity index (χ3n) is 3.81. The van der Waals surface area contributed by atoms with Gasteiger partial charge in [0, 0.05) is 6.54 Å². The van der Waals surface area contributed by atoms with E-state index in [1.807, 2.05) is 17.0 Å². The van der Waals surface area contributed by atoms with E-state index in [1.54, 1.807) is 30.5 Å². The van der Waals surface area contributed by atoms with Gasteiger partial charge >= 0.3 is 5.97 Å². The van der Waals surface area contributed by atoms with E-state index in [2.05, 4.69) is 18.3 Å². The second-order valence-electron chi connectivity index (χ2n) is 5.95. The topological polar surface area (TPSA) is 82.4 Å². The van der Waals surface area contributed by atoms with Gasteiger partial charge < -0.3 is 10.1 Å². The fourth-order valence-electron chi connectivity index (χ4n) is 2.62. The number of anilines is 1. The molecule has 0 saturated carbocycles. The molecule has 1 heterocycles. The fraction of sp³-hybridized carbons (Fsp3) is 0.350. The predicted octanol–water partition coefficient (Wildman–Crippen LogP) is 3.65. The molecule has 2 rings (SSSR count). The van der Waals surface area contributed by atoms with Gasteiger partial charge in [-0.1, -0.05) is 19.1 Å². The minimum absolute atomic E-state index is 0.176. The second kappa shape index (κ2) is 10.5. The highest BCUT2D eigenvalue weighted by Gasteiger charge is 2.17. The largest absolute Gasteiger partial charge is 0.462 e. The van der Waals surface area contributed by atoms with Crippen molar-refractivity contribution in [2.24, 2.45) is 0 Å². The van der Waals surface area contributed by atoms with E-state index < -0.39 is 5.97 Å². The van der Waals surface area contributed by atoms with Gasteiger partial charge in [0.1, 0.15) is 5.00 Å². The first-order valence-electron chi connectivity index (χ1n) is 8.83. The van der Waals surface area contributed by atoms with Gasteiger partial charge in [0.2, 0.25) is 5.91 Å². The molecule has 0 atom stereocenters. The van der Waals surface area contributed by atoms with Crippen LogP contribution < -0.4 is 5.32 Å². The molecule has 0 saturated heterocycles. The van der Waals surface area contributed by atoms with E-state index in [1.165, 1.54) is 11.3 Å². The molecule has 0 fully saturated rings. The zero-order chi connectivity index (χ0) is 19.6. The summed E-state index contributed by atoms with van der Waals surface area (Å²) >= 11 is 1.30. The third kappa shape index (κ3) is 6.20.